The van der Waals surface area contributed by atoms with E-state index in [9.17, 15) is 0 Å². The van der Waals surface area contributed by atoms with Crippen molar-refractivity contribution in [2.75, 3.05) is 5.75 Å². The summed E-state index contributed by atoms with van der Waals surface area (Å²) in [7, 11) is 0. The van der Waals surface area contributed by atoms with Crippen LogP contribution in [-0.4, -0.2) is 20.5 Å². The van der Waals surface area contributed by atoms with E-state index in [4.69, 9.17) is 5.26 Å². The van der Waals surface area contributed by atoms with Crippen molar-refractivity contribution in [2.24, 2.45) is 0 Å². The molecule has 5 heteroatoms. The summed E-state index contributed by atoms with van der Waals surface area (Å²) in [6, 6.07) is 2.78. The van der Waals surface area contributed by atoms with Crippen molar-refractivity contribution in [1.29, 1.82) is 5.26 Å². The molecule has 0 aliphatic heterocycles. The molecular weight excluding hydrogens is 196 g/mol. The SMILES string of the molecule is N#CCCCSc1nncn1C1CC1. The van der Waals surface area contributed by atoms with Gasteiger partial charge in [0.25, 0.3) is 0 Å². The Bertz CT molecular complexity index is 337. The van der Waals surface area contributed by atoms with E-state index < -0.39 is 0 Å². The van der Waals surface area contributed by atoms with Gasteiger partial charge in [0.1, 0.15) is 6.33 Å². The Morgan fingerprint density at radius 3 is 3.21 bits per heavy atom. The topological polar surface area (TPSA) is 54.5 Å². The lowest BCUT2D eigenvalue weighted by Gasteiger charge is -2.02. The minimum absolute atomic E-state index is 0.630. The Labute approximate surface area is 87.3 Å². The number of hydrogen-bond donors (Lipinski definition) is 0. The van der Waals surface area contributed by atoms with Crippen LogP contribution in [-0.2, 0) is 0 Å². The Kier molecular flexibility index (Phi) is 3.04. The molecule has 0 bridgehead atoms. The summed E-state index contributed by atoms with van der Waals surface area (Å²) in [5, 5.41) is 17.4. The van der Waals surface area contributed by atoms with E-state index in [0.29, 0.717) is 12.5 Å². The predicted octanol–water partition coefficient (Wildman–Crippen LogP) is 2.01. The maximum atomic E-state index is 8.38. The fraction of sp³-hybridized carbons (Fsp3) is 0.667. The molecule has 1 aliphatic carbocycles. The van der Waals surface area contributed by atoms with Gasteiger partial charge in [0, 0.05) is 18.2 Å². The third-order valence-electron chi connectivity index (χ3n) is 2.14. The first-order valence-electron chi connectivity index (χ1n) is 4.81. The Morgan fingerprint density at radius 2 is 2.50 bits per heavy atom. The first-order chi connectivity index (χ1) is 6.92. The number of nitriles is 1. The second-order valence-electron chi connectivity index (χ2n) is 3.36. The molecule has 0 atom stereocenters. The molecule has 1 aromatic rings. The number of nitrogens with zero attached hydrogens (tertiary/aromatic N) is 4. The van der Waals surface area contributed by atoms with E-state index in [-0.39, 0.29) is 0 Å². The maximum Gasteiger partial charge on any atom is 0.191 e. The minimum Gasteiger partial charge on any atom is -0.306 e. The van der Waals surface area contributed by atoms with Gasteiger partial charge in [-0.2, -0.15) is 5.26 Å². The highest BCUT2D eigenvalue weighted by molar-refractivity contribution is 7.99. The summed E-state index contributed by atoms with van der Waals surface area (Å²) in [5.74, 6) is 0.957. The van der Waals surface area contributed by atoms with Crippen molar-refractivity contribution in [3.63, 3.8) is 0 Å². The van der Waals surface area contributed by atoms with Crippen LogP contribution in [0.1, 0.15) is 31.7 Å². The van der Waals surface area contributed by atoms with Gasteiger partial charge >= 0.3 is 0 Å². The van der Waals surface area contributed by atoms with Crippen LogP contribution in [0.3, 0.4) is 0 Å². The molecule has 14 heavy (non-hydrogen) atoms. The van der Waals surface area contributed by atoms with Gasteiger partial charge in [0.05, 0.1) is 6.07 Å². The van der Waals surface area contributed by atoms with Gasteiger partial charge in [-0.1, -0.05) is 11.8 Å². The molecule has 0 aromatic carbocycles. The van der Waals surface area contributed by atoms with E-state index in [0.717, 1.165) is 17.3 Å². The summed E-state index contributed by atoms with van der Waals surface area (Å²) in [5.41, 5.74) is 0. The highest BCUT2D eigenvalue weighted by Crippen LogP contribution is 2.37. The van der Waals surface area contributed by atoms with Gasteiger partial charge in [-0.25, -0.2) is 0 Å². The summed E-state index contributed by atoms with van der Waals surface area (Å²) < 4.78 is 2.15. The van der Waals surface area contributed by atoms with Crippen molar-refractivity contribution in [1.82, 2.24) is 14.8 Å². The third kappa shape index (κ3) is 2.26. The Hall–Kier alpha value is -1.02. The van der Waals surface area contributed by atoms with Crippen molar-refractivity contribution >= 4 is 11.8 Å². The quantitative estimate of drug-likeness (QED) is 0.548. The van der Waals surface area contributed by atoms with E-state index in [1.807, 2.05) is 6.33 Å². The standard InChI is InChI=1S/C9H12N4S/c10-5-1-2-6-14-9-12-11-7-13(9)8-3-4-8/h7-8H,1-4,6H2. The van der Waals surface area contributed by atoms with Crippen LogP contribution in [0.2, 0.25) is 0 Å². The van der Waals surface area contributed by atoms with Crippen LogP contribution in [0.25, 0.3) is 0 Å². The van der Waals surface area contributed by atoms with Gasteiger partial charge in [-0.05, 0) is 19.3 Å². The molecule has 2 rings (SSSR count). The fourth-order valence-corrected chi connectivity index (χ4v) is 2.17. The third-order valence-corrected chi connectivity index (χ3v) is 3.19. The number of unbranched alkanes of at least 4 members (excludes halogenated alkanes) is 1. The van der Waals surface area contributed by atoms with E-state index in [1.54, 1.807) is 11.8 Å². The molecule has 0 radical (unpaired) electrons. The smallest absolute Gasteiger partial charge is 0.191 e. The van der Waals surface area contributed by atoms with Crippen molar-refractivity contribution in [3.8, 4) is 6.07 Å². The molecule has 0 N–H and O–H groups in total. The molecular formula is C9H12N4S. The average Bonchev–Trinajstić information content (AvgIpc) is 2.94. The number of aromatic nitrogens is 3. The van der Waals surface area contributed by atoms with Crippen molar-refractivity contribution in [2.45, 2.75) is 36.9 Å². The zero-order chi connectivity index (χ0) is 9.80. The summed E-state index contributed by atoms with van der Waals surface area (Å²) in [6.07, 6.45) is 5.88. The van der Waals surface area contributed by atoms with Crippen LogP contribution >= 0.6 is 11.8 Å². The largest absolute Gasteiger partial charge is 0.306 e. The molecule has 0 spiro atoms. The minimum atomic E-state index is 0.630. The normalized spacial score (nSPS) is 15.4. The number of hydrogen-bond acceptors (Lipinski definition) is 4. The van der Waals surface area contributed by atoms with E-state index >= 15 is 0 Å². The average molecular weight is 208 g/mol. The molecule has 0 unspecified atom stereocenters. The first-order valence-corrected chi connectivity index (χ1v) is 5.79. The van der Waals surface area contributed by atoms with Crippen LogP contribution in [0, 0.1) is 11.3 Å². The second kappa shape index (κ2) is 4.47. The molecule has 74 valence electrons. The zero-order valence-electron chi connectivity index (χ0n) is 7.89. The second-order valence-corrected chi connectivity index (χ2v) is 4.42. The predicted molar refractivity (Wildman–Crippen MR) is 53.9 cm³/mol. The Balaban J connectivity index is 1.83. The lowest BCUT2D eigenvalue weighted by molar-refractivity contribution is 0.662. The first kappa shape index (κ1) is 9.53. The number of rotatable bonds is 5. The molecule has 1 fully saturated rings. The van der Waals surface area contributed by atoms with Gasteiger partial charge in [0.15, 0.2) is 5.16 Å². The molecule has 1 heterocycles. The van der Waals surface area contributed by atoms with Crippen molar-refractivity contribution < 1.29 is 0 Å². The monoisotopic (exact) mass is 208 g/mol. The maximum absolute atomic E-state index is 8.38. The van der Waals surface area contributed by atoms with Crippen LogP contribution in [0.5, 0.6) is 0 Å². The highest BCUT2D eigenvalue weighted by atomic mass is 32.2. The molecule has 1 aliphatic rings. The Morgan fingerprint density at radius 1 is 1.64 bits per heavy atom. The van der Waals surface area contributed by atoms with E-state index in [1.165, 1.54) is 12.8 Å². The van der Waals surface area contributed by atoms with Crippen LogP contribution < -0.4 is 0 Å². The van der Waals surface area contributed by atoms with Crippen molar-refractivity contribution in [3.05, 3.63) is 6.33 Å². The van der Waals surface area contributed by atoms with Crippen LogP contribution in [0.4, 0.5) is 0 Å². The molecule has 4 nitrogen and oxygen atoms in total. The highest BCUT2D eigenvalue weighted by Gasteiger charge is 2.25. The van der Waals surface area contributed by atoms with Gasteiger partial charge in [-0.15, -0.1) is 10.2 Å². The molecule has 0 saturated heterocycles. The van der Waals surface area contributed by atoms with Gasteiger partial charge in [-0.3, -0.25) is 0 Å². The van der Waals surface area contributed by atoms with E-state index in [2.05, 4.69) is 20.8 Å². The summed E-state index contributed by atoms with van der Waals surface area (Å²) in [4.78, 5) is 0. The van der Waals surface area contributed by atoms with Crippen LogP contribution in [0.15, 0.2) is 11.5 Å². The number of thioether (sulfide) groups is 1. The summed E-state index contributed by atoms with van der Waals surface area (Å²) >= 11 is 1.70. The molecule has 1 saturated carbocycles. The summed E-state index contributed by atoms with van der Waals surface area (Å²) in [6.45, 7) is 0. The fourth-order valence-electron chi connectivity index (χ4n) is 1.25. The van der Waals surface area contributed by atoms with Gasteiger partial charge < -0.3 is 4.57 Å². The molecule has 0 amide bonds. The zero-order valence-corrected chi connectivity index (χ0v) is 8.70. The lowest BCUT2D eigenvalue weighted by Crippen LogP contribution is -1.94. The lowest BCUT2D eigenvalue weighted by atomic mass is 10.4. The molecule has 1 aromatic heterocycles. The van der Waals surface area contributed by atoms with Gasteiger partial charge in [0.2, 0.25) is 0 Å².